The lowest BCUT2D eigenvalue weighted by atomic mass is 9.44. The van der Waals surface area contributed by atoms with Crippen LogP contribution in [0.15, 0.2) is 23.8 Å². The molecule has 0 aromatic carbocycles. The summed E-state index contributed by atoms with van der Waals surface area (Å²) >= 11 is 0. The van der Waals surface area contributed by atoms with Crippen LogP contribution in [0.4, 0.5) is 0 Å². The Morgan fingerprint density at radius 1 is 1.07 bits per heavy atom. The number of carbonyl (C=O) groups is 2. The molecular formula is C36H56O5. The molecule has 6 aliphatic carbocycles. The number of carbonyl (C=O) groups excluding carboxylic acids is 2. The van der Waals surface area contributed by atoms with Crippen molar-refractivity contribution >= 4 is 11.6 Å². The van der Waals surface area contributed by atoms with Gasteiger partial charge in [-0.1, -0.05) is 44.6 Å². The first-order chi connectivity index (χ1) is 19.3. The molecule has 3 N–H and O–H groups in total. The van der Waals surface area contributed by atoms with Gasteiger partial charge in [-0.3, -0.25) is 9.59 Å². The van der Waals surface area contributed by atoms with Crippen LogP contribution >= 0.6 is 0 Å². The van der Waals surface area contributed by atoms with Crippen molar-refractivity contribution in [3.63, 3.8) is 0 Å². The Hall–Kier alpha value is -1.30. The number of aliphatic hydroxyl groups is 3. The monoisotopic (exact) mass is 568 g/mol. The summed E-state index contributed by atoms with van der Waals surface area (Å²) in [5.74, 6) is 4.05. The van der Waals surface area contributed by atoms with Gasteiger partial charge in [-0.2, -0.15) is 0 Å². The molecule has 5 heteroatoms. The Morgan fingerprint density at radius 3 is 2.46 bits per heavy atom. The zero-order valence-electron chi connectivity index (χ0n) is 26.3. The molecule has 0 aliphatic heterocycles. The highest BCUT2D eigenvalue weighted by Gasteiger charge is 2.68. The van der Waals surface area contributed by atoms with Crippen molar-refractivity contribution in [1.29, 1.82) is 0 Å². The Balaban J connectivity index is 0.000000191. The molecule has 0 spiro atoms. The van der Waals surface area contributed by atoms with Crippen molar-refractivity contribution in [2.24, 2.45) is 58.2 Å². The van der Waals surface area contributed by atoms with E-state index < -0.39 is 23.4 Å². The quantitative estimate of drug-likeness (QED) is 0.321. The highest BCUT2D eigenvalue weighted by molar-refractivity contribution is 5.92. The summed E-state index contributed by atoms with van der Waals surface area (Å²) in [6.07, 6.45) is 18.6. The molecule has 41 heavy (non-hydrogen) atoms. The van der Waals surface area contributed by atoms with Crippen molar-refractivity contribution in [2.45, 2.75) is 123 Å². The third kappa shape index (κ3) is 5.46. The maximum atomic E-state index is 13.4. The number of ketones is 2. The van der Waals surface area contributed by atoms with Gasteiger partial charge in [-0.15, -0.1) is 0 Å². The van der Waals surface area contributed by atoms with E-state index in [2.05, 4.69) is 45.9 Å². The van der Waals surface area contributed by atoms with Gasteiger partial charge >= 0.3 is 0 Å². The molecule has 230 valence electrons. The molecule has 5 nitrogen and oxygen atoms in total. The van der Waals surface area contributed by atoms with Gasteiger partial charge in [0.2, 0.25) is 0 Å². The summed E-state index contributed by atoms with van der Waals surface area (Å²) in [6, 6.07) is 0. The largest absolute Gasteiger partial charge is 0.393 e. The number of fused-ring (bicyclic) bond motifs is 7. The van der Waals surface area contributed by atoms with Crippen LogP contribution in [-0.2, 0) is 9.59 Å². The molecule has 0 heterocycles. The van der Waals surface area contributed by atoms with Crippen LogP contribution in [0.25, 0.3) is 0 Å². The lowest BCUT2D eigenvalue weighted by Gasteiger charge is -2.60. The number of Topliss-reactive ketones (excluding diaryl/α,β-unsaturated/α-hetero) is 2. The topological polar surface area (TPSA) is 94.8 Å². The van der Waals surface area contributed by atoms with Crippen LogP contribution in [0.2, 0.25) is 0 Å². The van der Waals surface area contributed by atoms with Gasteiger partial charge in [0, 0.05) is 17.8 Å². The highest BCUT2D eigenvalue weighted by Crippen LogP contribution is 2.67. The van der Waals surface area contributed by atoms with Gasteiger partial charge in [-0.05, 0) is 131 Å². The van der Waals surface area contributed by atoms with Gasteiger partial charge in [0.15, 0.2) is 5.78 Å². The van der Waals surface area contributed by atoms with E-state index in [0.29, 0.717) is 12.3 Å². The predicted molar refractivity (Wildman–Crippen MR) is 162 cm³/mol. The van der Waals surface area contributed by atoms with Crippen molar-refractivity contribution in [3.05, 3.63) is 23.8 Å². The molecule has 0 aromatic heterocycles. The van der Waals surface area contributed by atoms with Crippen molar-refractivity contribution in [2.75, 3.05) is 6.61 Å². The third-order valence-corrected chi connectivity index (χ3v) is 13.1. The zero-order valence-corrected chi connectivity index (χ0v) is 26.3. The van der Waals surface area contributed by atoms with Crippen molar-refractivity contribution in [1.82, 2.24) is 0 Å². The van der Waals surface area contributed by atoms with E-state index in [4.69, 9.17) is 0 Å². The lowest BCUT2D eigenvalue weighted by molar-refractivity contribution is -0.180. The van der Waals surface area contributed by atoms with E-state index in [0.717, 1.165) is 62.2 Å². The van der Waals surface area contributed by atoms with E-state index >= 15 is 0 Å². The maximum absolute atomic E-state index is 13.4. The first kappa shape index (κ1) is 31.1. The first-order valence-electron chi connectivity index (χ1n) is 16.7. The van der Waals surface area contributed by atoms with Gasteiger partial charge in [-0.25, -0.2) is 0 Å². The van der Waals surface area contributed by atoms with Crippen molar-refractivity contribution < 1.29 is 24.9 Å². The molecule has 2 bridgehead atoms. The van der Waals surface area contributed by atoms with E-state index in [1.54, 1.807) is 0 Å². The predicted octanol–water partition coefficient (Wildman–Crippen LogP) is 6.44. The van der Waals surface area contributed by atoms with Crippen LogP contribution in [0, 0.1) is 58.2 Å². The Bertz CT molecular complexity index is 1060. The van der Waals surface area contributed by atoms with E-state index in [-0.39, 0.29) is 41.5 Å². The molecule has 5 saturated carbocycles. The molecule has 5 fully saturated rings. The van der Waals surface area contributed by atoms with Crippen molar-refractivity contribution in [3.8, 4) is 0 Å². The minimum atomic E-state index is -1.58. The molecule has 0 aromatic rings. The minimum Gasteiger partial charge on any atom is -0.393 e. The number of hydrogen-bond donors (Lipinski definition) is 3. The number of rotatable bonds is 6. The molecule has 0 saturated heterocycles. The molecule has 12 atom stereocenters. The van der Waals surface area contributed by atoms with Crippen LogP contribution in [0.3, 0.4) is 0 Å². The summed E-state index contributed by atoms with van der Waals surface area (Å²) in [7, 11) is 0. The second kappa shape index (κ2) is 11.7. The number of allylic oxidation sites excluding steroid dienone is 4. The summed E-state index contributed by atoms with van der Waals surface area (Å²) < 4.78 is 0. The van der Waals surface area contributed by atoms with Gasteiger partial charge in [0.05, 0.1) is 6.10 Å². The molecule has 0 radical (unpaired) electrons. The average molecular weight is 569 g/mol. The lowest BCUT2D eigenvalue weighted by Crippen LogP contribution is -2.62. The second-order valence-electron chi connectivity index (χ2n) is 15.8. The summed E-state index contributed by atoms with van der Waals surface area (Å²) in [6.45, 7) is 10.2. The average Bonchev–Trinajstić information content (AvgIpc) is 3.61. The maximum Gasteiger partial charge on any atom is 0.190 e. The summed E-state index contributed by atoms with van der Waals surface area (Å²) in [4.78, 5) is 25.7. The second-order valence-corrected chi connectivity index (χ2v) is 15.8. The zero-order chi connectivity index (χ0) is 29.7. The normalized spacial score (nSPS) is 46.6. The van der Waals surface area contributed by atoms with Crippen LogP contribution < -0.4 is 0 Å². The van der Waals surface area contributed by atoms with E-state index in [9.17, 15) is 24.9 Å². The van der Waals surface area contributed by atoms with E-state index in [1.807, 2.05) is 6.92 Å². The molecule has 6 aliphatic rings. The van der Waals surface area contributed by atoms with Gasteiger partial charge in [0.25, 0.3) is 0 Å². The third-order valence-electron chi connectivity index (χ3n) is 13.1. The minimum absolute atomic E-state index is 0.0154. The smallest absolute Gasteiger partial charge is 0.190 e. The Kier molecular flexibility index (Phi) is 8.85. The summed E-state index contributed by atoms with van der Waals surface area (Å²) in [5.41, 5.74) is -0.937. The fourth-order valence-corrected chi connectivity index (χ4v) is 11.0. The van der Waals surface area contributed by atoms with Crippen LogP contribution in [0.1, 0.15) is 112 Å². The molecule has 0 amide bonds. The highest BCUT2D eigenvalue weighted by atomic mass is 16.3. The fourth-order valence-electron chi connectivity index (χ4n) is 11.0. The molecular weight excluding hydrogens is 512 g/mol. The standard InChI is InChI=1S/C21H32O5.C15H24/c1-19-7-5-13(23)9-12(19)3-4-14-15-6-8-21(26,17(25)11-22)20(15,2)10-16(24)18(14)19;1-11(2)8-12(3)4-6-14-9-13-5-7-15(14)10-13/h12-15,18,22-23,26H,3-11H2,1-2H3;5,7-8,12-15H,4,6,9-10H2,1-3H3/t12-,13-,14+,15+,18-,19+,20+,21+;/m1./s1. The molecule has 4 unspecified atom stereocenters. The van der Waals surface area contributed by atoms with Crippen LogP contribution in [-0.4, -0.2) is 45.2 Å². The first-order valence-corrected chi connectivity index (χ1v) is 16.7. The number of aliphatic hydroxyl groups excluding tert-OH is 2. The Labute approximate surface area is 248 Å². The summed E-state index contributed by atoms with van der Waals surface area (Å²) in [5, 5.41) is 30.6. The van der Waals surface area contributed by atoms with Gasteiger partial charge in [0.1, 0.15) is 18.0 Å². The Morgan fingerprint density at radius 2 is 1.83 bits per heavy atom. The van der Waals surface area contributed by atoms with Gasteiger partial charge < -0.3 is 15.3 Å². The van der Waals surface area contributed by atoms with Crippen LogP contribution in [0.5, 0.6) is 0 Å². The fraction of sp³-hybridized carbons (Fsp3) is 0.833. The van der Waals surface area contributed by atoms with E-state index in [1.165, 1.54) is 31.3 Å². The SMILES string of the molecule is CC(C)=CC(C)CCC1CC2C=CC1C2.C[C@]12CC[C@@H](O)C[C@H]1CC[C@@H]1[C@@H]2C(=O)C[C@@]2(C)[C@H]1CC[C@]2(O)C(=O)CO. The molecule has 6 rings (SSSR count). The number of hydrogen-bond acceptors (Lipinski definition) is 5.